The van der Waals surface area contributed by atoms with E-state index in [9.17, 15) is 21.6 Å². The molecular weight excluding hydrogens is 491 g/mol. The lowest BCUT2D eigenvalue weighted by atomic mass is 10.1. The number of hydrogen-bond acceptors (Lipinski definition) is 7. The molecule has 0 saturated carbocycles. The molecule has 1 aliphatic heterocycles. The second-order valence-corrected chi connectivity index (χ2v) is 10.2. The van der Waals surface area contributed by atoms with Gasteiger partial charge in [0, 0.05) is 37.1 Å². The first-order valence-corrected chi connectivity index (χ1v) is 12.6. The fraction of sp³-hybridized carbons (Fsp3) is 0.318. The number of methoxy groups -OCH3 is 2. The molecule has 0 amide bonds. The number of piperazine rings is 1. The van der Waals surface area contributed by atoms with Crippen LogP contribution in [0.5, 0.6) is 11.5 Å². The van der Waals surface area contributed by atoms with Crippen LogP contribution in [0.3, 0.4) is 0 Å². The fourth-order valence-corrected chi connectivity index (χ4v) is 6.25. The first kappa shape index (κ1) is 24.3. The quantitative estimate of drug-likeness (QED) is 0.488. The number of rotatable bonds is 6. The molecule has 0 aliphatic carbocycles. The Morgan fingerprint density at radius 1 is 0.971 bits per heavy atom. The Kier molecular flexibility index (Phi) is 6.74. The number of hydrogen-bond donors (Lipinski definition) is 0. The smallest absolute Gasteiger partial charge is 0.417 e. The van der Waals surface area contributed by atoms with Gasteiger partial charge in [0.2, 0.25) is 10.0 Å². The second kappa shape index (κ2) is 9.43. The molecule has 3 aromatic rings. The highest BCUT2D eigenvalue weighted by Gasteiger charge is 2.39. The van der Waals surface area contributed by atoms with Gasteiger partial charge in [-0.2, -0.15) is 17.5 Å². The molecule has 1 saturated heterocycles. The molecule has 12 heteroatoms. The van der Waals surface area contributed by atoms with E-state index in [1.165, 1.54) is 23.5 Å². The maximum Gasteiger partial charge on any atom is 0.417 e. The molecule has 0 atom stereocenters. The number of aromatic nitrogens is 1. The molecule has 34 heavy (non-hydrogen) atoms. The lowest BCUT2D eigenvalue weighted by Crippen LogP contribution is -2.48. The van der Waals surface area contributed by atoms with Gasteiger partial charge in [-0.1, -0.05) is 12.1 Å². The van der Waals surface area contributed by atoms with E-state index >= 15 is 0 Å². The summed E-state index contributed by atoms with van der Waals surface area (Å²) in [5.74, 6) is 1.18. The maximum absolute atomic E-state index is 13.3. The summed E-state index contributed by atoms with van der Waals surface area (Å²) in [6.45, 7) is 0.734. The van der Waals surface area contributed by atoms with Gasteiger partial charge < -0.3 is 14.4 Å². The minimum absolute atomic E-state index is 0.0554. The van der Waals surface area contributed by atoms with Crippen LogP contribution in [-0.2, 0) is 16.2 Å². The van der Waals surface area contributed by atoms with E-state index < -0.39 is 26.7 Å². The molecule has 0 bridgehead atoms. The van der Waals surface area contributed by atoms with Crippen LogP contribution in [0.15, 0.2) is 52.7 Å². The average molecular weight is 514 g/mol. The van der Waals surface area contributed by atoms with Gasteiger partial charge in [0.15, 0.2) is 16.6 Å². The van der Waals surface area contributed by atoms with E-state index in [0.717, 1.165) is 27.7 Å². The Bertz CT molecular complexity index is 1270. The SMILES string of the molecule is COc1ccc(-c2csc(N3CCN(S(=O)(=O)c4ccccc4C(F)(F)F)CC3)n2)cc1OC. The molecule has 7 nitrogen and oxygen atoms in total. The molecule has 1 fully saturated rings. The third-order valence-corrected chi connectivity index (χ3v) is 8.35. The van der Waals surface area contributed by atoms with Crippen molar-refractivity contribution >= 4 is 26.5 Å². The Balaban J connectivity index is 1.49. The van der Waals surface area contributed by atoms with Gasteiger partial charge in [-0.05, 0) is 30.3 Å². The summed E-state index contributed by atoms with van der Waals surface area (Å²) in [5.41, 5.74) is 0.414. The van der Waals surface area contributed by atoms with Crippen LogP contribution in [0.2, 0.25) is 0 Å². The molecule has 182 valence electrons. The predicted octanol–water partition coefficient (Wildman–Crippen LogP) is 4.36. The van der Waals surface area contributed by atoms with Crippen molar-refractivity contribution in [1.29, 1.82) is 0 Å². The predicted molar refractivity (Wildman–Crippen MR) is 123 cm³/mol. The summed E-state index contributed by atoms with van der Waals surface area (Å²) < 4.78 is 77.7. The topological polar surface area (TPSA) is 72.0 Å². The summed E-state index contributed by atoms with van der Waals surface area (Å²) in [6, 6.07) is 9.73. The van der Waals surface area contributed by atoms with Crippen LogP contribution in [0.1, 0.15) is 5.56 Å². The van der Waals surface area contributed by atoms with Gasteiger partial charge in [0.05, 0.1) is 30.4 Å². The van der Waals surface area contributed by atoms with Crippen molar-refractivity contribution in [2.45, 2.75) is 11.1 Å². The lowest BCUT2D eigenvalue weighted by Gasteiger charge is -2.34. The van der Waals surface area contributed by atoms with Gasteiger partial charge in [0.1, 0.15) is 0 Å². The zero-order valence-corrected chi connectivity index (χ0v) is 20.0. The van der Waals surface area contributed by atoms with Crippen molar-refractivity contribution in [3.8, 4) is 22.8 Å². The number of nitrogens with zero attached hydrogens (tertiary/aromatic N) is 3. The molecular formula is C22H22F3N3O4S2. The number of ether oxygens (including phenoxy) is 2. The summed E-state index contributed by atoms with van der Waals surface area (Å²) >= 11 is 1.41. The Morgan fingerprint density at radius 2 is 1.65 bits per heavy atom. The molecule has 4 rings (SSSR count). The summed E-state index contributed by atoms with van der Waals surface area (Å²) in [5, 5.41) is 2.59. The standard InChI is InChI=1S/C22H22F3N3O4S2/c1-31-18-8-7-15(13-19(18)32-2)17-14-33-21(26-17)27-9-11-28(12-10-27)34(29,30)20-6-4-3-5-16(20)22(23,24)25/h3-8,13-14H,9-12H2,1-2H3. The first-order chi connectivity index (χ1) is 16.1. The number of halogens is 3. The zero-order chi connectivity index (χ0) is 24.5. The molecule has 1 aliphatic rings. The minimum atomic E-state index is -4.76. The molecule has 2 heterocycles. The summed E-state index contributed by atoms with van der Waals surface area (Å²) in [4.78, 5) is 5.86. The van der Waals surface area contributed by atoms with Crippen LogP contribution in [0.4, 0.5) is 18.3 Å². The van der Waals surface area contributed by atoms with Gasteiger partial charge in [-0.15, -0.1) is 11.3 Å². The minimum Gasteiger partial charge on any atom is -0.493 e. The van der Waals surface area contributed by atoms with Crippen LogP contribution < -0.4 is 14.4 Å². The maximum atomic E-state index is 13.3. The zero-order valence-electron chi connectivity index (χ0n) is 18.4. The van der Waals surface area contributed by atoms with E-state index in [4.69, 9.17) is 9.47 Å². The van der Waals surface area contributed by atoms with Crippen LogP contribution in [0, 0.1) is 0 Å². The average Bonchev–Trinajstić information content (AvgIpc) is 3.33. The highest BCUT2D eigenvalue weighted by atomic mass is 32.2. The largest absolute Gasteiger partial charge is 0.493 e. The summed E-state index contributed by atoms with van der Waals surface area (Å²) in [6.07, 6.45) is -4.76. The van der Waals surface area contributed by atoms with Gasteiger partial charge in [-0.25, -0.2) is 13.4 Å². The monoisotopic (exact) mass is 513 g/mol. The molecule has 1 aromatic heterocycles. The van der Waals surface area contributed by atoms with Gasteiger partial charge in [-0.3, -0.25) is 0 Å². The normalized spacial score (nSPS) is 15.4. The number of alkyl halides is 3. The number of benzene rings is 2. The highest BCUT2D eigenvalue weighted by Crippen LogP contribution is 2.37. The fourth-order valence-electron chi connectivity index (χ4n) is 3.72. The van der Waals surface area contributed by atoms with Crippen molar-refractivity contribution in [3.05, 3.63) is 53.4 Å². The second-order valence-electron chi connectivity index (χ2n) is 7.47. The number of thiazole rings is 1. The van der Waals surface area contributed by atoms with Crippen molar-refractivity contribution in [2.24, 2.45) is 0 Å². The van der Waals surface area contributed by atoms with E-state index in [-0.39, 0.29) is 13.1 Å². The number of sulfonamides is 1. The molecule has 0 N–H and O–H groups in total. The Labute approximate surface area is 199 Å². The molecule has 0 unspecified atom stereocenters. The van der Waals surface area contributed by atoms with Crippen molar-refractivity contribution < 1.29 is 31.1 Å². The van der Waals surface area contributed by atoms with E-state index in [0.29, 0.717) is 29.7 Å². The highest BCUT2D eigenvalue weighted by molar-refractivity contribution is 7.89. The molecule has 0 spiro atoms. The van der Waals surface area contributed by atoms with Crippen molar-refractivity contribution in [3.63, 3.8) is 0 Å². The number of anilines is 1. The van der Waals surface area contributed by atoms with Crippen LogP contribution >= 0.6 is 11.3 Å². The van der Waals surface area contributed by atoms with Gasteiger partial charge in [0.25, 0.3) is 0 Å². The van der Waals surface area contributed by atoms with Crippen molar-refractivity contribution in [2.75, 3.05) is 45.3 Å². The lowest BCUT2D eigenvalue weighted by molar-refractivity contribution is -0.139. The van der Waals surface area contributed by atoms with E-state index in [1.807, 2.05) is 22.4 Å². The Hall–Kier alpha value is -2.83. The summed E-state index contributed by atoms with van der Waals surface area (Å²) in [7, 11) is -1.18. The van der Waals surface area contributed by atoms with Crippen LogP contribution in [-0.4, -0.2) is 58.1 Å². The Morgan fingerprint density at radius 3 is 2.29 bits per heavy atom. The third-order valence-electron chi connectivity index (χ3n) is 5.49. The van der Waals surface area contributed by atoms with E-state index in [1.54, 1.807) is 20.3 Å². The van der Waals surface area contributed by atoms with Gasteiger partial charge >= 0.3 is 6.18 Å². The third kappa shape index (κ3) is 4.70. The van der Waals surface area contributed by atoms with E-state index in [2.05, 4.69) is 4.98 Å². The van der Waals surface area contributed by atoms with Crippen molar-refractivity contribution in [1.82, 2.24) is 9.29 Å². The molecule has 2 aromatic carbocycles. The first-order valence-electron chi connectivity index (χ1n) is 10.2. The molecule has 0 radical (unpaired) electrons. The van der Waals surface area contributed by atoms with Crippen LogP contribution in [0.25, 0.3) is 11.3 Å².